The molecule has 1 saturated heterocycles. The van der Waals surface area contributed by atoms with Gasteiger partial charge in [0.05, 0.1) is 18.8 Å². The number of Topliss-reactive ketones (excluding diaryl/α,β-unsaturated/α-hetero) is 1. The second-order valence-electron chi connectivity index (χ2n) is 6.62. The first-order valence-electron chi connectivity index (χ1n) is 8.46. The summed E-state index contributed by atoms with van der Waals surface area (Å²) in [5, 5.41) is 3.38. The molecule has 1 aromatic carbocycles. The lowest BCUT2D eigenvalue weighted by Crippen LogP contribution is -2.36. The van der Waals surface area contributed by atoms with Crippen LogP contribution in [0.5, 0.6) is 5.75 Å². The average molecular weight is 302 g/mol. The van der Waals surface area contributed by atoms with Gasteiger partial charge in [-0.3, -0.25) is 9.69 Å². The number of carbonyl (C=O) groups excluding carboxylic acids is 1. The van der Waals surface area contributed by atoms with E-state index >= 15 is 0 Å². The Hall–Kier alpha value is -1.55. The summed E-state index contributed by atoms with van der Waals surface area (Å²) in [6.07, 6.45) is 3.61. The molecular weight excluding hydrogens is 276 g/mol. The monoisotopic (exact) mass is 302 g/mol. The Labute approximate surface area is 132 Å². The number of anilines is 1. The van der Waals surface area contributed by atoms with Crippen LogP contribution in [-0.2, 0) is 0 Å². The van der Waals surface area contributed by atoms with E-state index < -0.39 is 0 Å². The number of piperidine rings is 1. The first-order valence-corrected chi connectivity index (χ1v) is 8.46. The summed E-state index contributed by atoms with van der Waals surface area (Å²) >= 11 is 0. The van der Waals surface area contributed by atoms with E-state index in [0.29, 0.717) is 6.54 Å². The molecule has 22 heavy (non-hydrogen) atoms. The van der Waals surface area contributed by atoms with Crippen molar-refractivity contribution in [2.75, 3.05) is 31.5 Å². The molecule has 0 radical (unpaired) electrons. The molecule has 2 heterocycles. The lowest BCUT2D eigenvalue weighted by atomic mass is 9.98. The molecule has 2 aliphatic rings. The van der Waals surface area contributed by atoms with Crippen molar-refractivity contribution in [2.24, 2.45) is 5.92 Å². The van der Waals surface area contributed by atoms with Crippen LogP contribution in [0.1, 0.15) is 43.5 Å². The molecule has 0 spiro atoms. The zero-order valence-corrected chi connectivity index (χ0v) is 13.6. The highest BCUT2D eigenvalue weighted by molar-refractivity contribution is 5.98. The predicted octanol–water partition coefficient (Wildman–Crippen LogP) is 3.18. The van der Waals surface area contributed by atoms with Crippen molar-refractivity contribution >= 4 is 11.5 Å². The van der Waals surface area contributed by atoms with Gasteiger partial charge in [0, 0.05) is 5.56 Å². The van der Waals surface area contributed by atoms with Crippen molar-refractivity contribution in [2.45, 2.75) is 39.2 Å². The maximum atomic E-state index is 12.5. The first kappa shape index (κ1) is 15.3. The number of nitrogens with zero attached hydrogens (tertiary/aromatic N) is 1. The minimum atomic E-state index is 0.205. The van der Waals surface area contributed by atoms with Crippen molar-refractivity contribution in [3.63, 3.8) is 0 Å². The number of ketones is 1. The molecule has 1 atom stereocenters. The number of ether oxygens (including phenoxy) is 1. The number of hydrogen-bond donors (Lipinski definition) is 1. The van der Waals surface area contributed by atoms with Crippen LogP contribution in [0.3, 0.4) is 0 Å². The molecule has 0 saturated carbocycles. The molecule has 2 aliphatic heterocycles. The Morgan fingerprint density at radius 2 is 2.14 bits per heavy atom. The highest BCUT2D eigenvalue weighted by Crippen LogP contribution is 2.31. The van der Waals surface area contributed by atoms with Crippen molar-refractivity contribution < 1.29 is 9.53 Å². The van der Waals surface area contributed by atoms with Crippen LogP contribution >= 0.6 is 0 Å². The van der Waals surface area contributed by atoms with Gasteiger partial charge in [-0.15, -0.1) is 0 Å². The van der Waals surface area contributed by atoms with Gasteiger partial charge in [0.15, 0.2) is 5.78 Å². The molecule has 120 valence electrons. The van der Waals surface area contributed by atoms with Gasteiger partial charge in [-0.2, -0.15) is 0 Å². The van der Waals surface area contributed by atoms with Gasteiger partial charge >= 0.3 is 0 Å². The van der Waals surface area contributed by atoms with E-state index in [9.17, 15) is 4.79 Å². The van der Waals surface area contributed by atoms with E-state index in [2.05, 4.69) is 24.1 Å². The molecule has 0 aliphatic carbocycles. The fraction of sp³-hybridized carbons (Fsp3) is 0.611. The Kier molecular flexibility index (Phi) is 4.67. The van der Waals surface area contributed by atoms with Crippen LogP contribution in [0.15, 0.2) is 18.2 Å². The fourth-order valence-corrected chi connectivity index (χ4v) is 3.13. The van der Waals surface area contributed by atoms with Crippen molar-refractivity contribution in [3.05, 3.63) is 23.8 Å². The van der Waals surface area contributed by atoms with Crippen LogP contribution in [0.2, 0.25) is 0 Å². The minimum Gasteiger partial charge on any atom is -0.486 e. The molecule has 0 bridgehead atoms. The predicted molar refractivity (Wildman–Crippen MR) is 88.8 cm³/mol. The molecule has 0 aromatic heterocycles. The second-order valence-corrected chi connectivity index (χ2v) is 6.62. The lowest BCUT2D eigenvalue weighted by molar-refractivity contribution is 0.0899. The number of fused-ring (bicyclic) bond motifs is 1. The van der Waals surface area contributed by atoms with Gasteiger partial charge in [-0.1, -0.05) is 13.8 Å². The Morgan fingerprint density at radius 1 is 1.36 bits per heavy atom. The van der Waals surface area contributed by atoms with Crippen molar-refractivity contribution in [3.8, 4) is 5.75 Å². The highest BCUT2D eigenvalue weighted by atomic mass is 16.5. The SMILES string of the molecule is CCC1CNc2cc(C(=O)CN3CCC(C)CC3)ccc2O1. The van der Waals surface area contributed by atoms with Crippen molar-refractivity contribution in [1.29, 1.82) is 0 Å². The van der Waals surface area contributed by atoms with Gasteiger partial charge in [-0.05, 0) is 56.5 Å². The molecular formula is C18H26N2O2. The largest absolute Gasteiger partial charge is 0.486 e. The van der Waals surface area contributed by atoms with E-state index in [1.165, 1.54) is 12.8 Å². The van der Waals surface area contributed by atoms with Gasteiger partial charge in [0.25, 0.3) is 0 Å². The summed E-state index contributed by atoms with van der Waals surface area (Å²) in [4.78, 5) is 14.8. The number of hydrogen-bond acceptors (Lipinski definition) is 4. The summed E-state index contributed by atoms with van der Waals surface area (Å²) in [7, 11) is 0. The average Bonchev–Trinajstić information content (AvgIpc) is 2.56. The Bertz CT molecular complexity index is 536. The second kappa shape index (κ2) is 6.69. The number of likely N-dealkylation sites (tertiary alicyclic amines) is 1. The van der Waals surface area contributed by atoms with Crippen LogP contribution in [0, 0.1) is 5.92 Å². The summed E-state index contributed by atoms with van der Waals surface area (Å²) in [6, 6.07) is 5.76. The molecule has 1 N–H and O–H groups in total. The first-order chi connectivity index (χ1) is 10.7. The van der Waals surface area contributed by atoms with Gasteiger partial charge < -0.3 is 10.1 Å². The molecule has 4 heteroatoms. The number of nitrogens with one attached hydrogen (secondary N) is 1. The lowest BCUT2D eigenvalue weighted by Gasteiger charge is -2.30. The van der Waals surface area contributed by atoms with Gasteiger partial charge in [0.1, 0.15) is 11.9 Å². The minimum absolute atomic E-state index is 0.205. The topological polar surface area (TPSA) is 41.6 Å². The smallest absolute Gasteiger partial charge is 0.176 e. The van der Waals surface area contributed by atoms with E-state index in [4.69, 9.17) is 4.74 Å². The standard InChI is InChI=1S/C18H26N2O2/c1-3-15-11-19-16-10-14(4-5-18(16)22-15)17(21)12-20-8-6-13(2)7-9-20/h4-5,10,13,15,19H,3,6-9,11-12H2,1-2H3. The normalized spacial score (nSPS) is 22.5. The maximum absolute atomic E-state index is 12.5. The van der Waals surface area contributed by atoms with E-state index in [0.717, 1.165) is 49.0 Å². The number of carbonyl (C=O) groups is 1. The molecule has 1 unspecified atom stereocenters. The number of rotatable bonds is 4. The summed E-state index contributed by atoms with van der Waals surface area (Å²) < 4.78 is 5.89. The van der Waals surface area contributed by atoms with E-state index in [1.54, 1.807) is 0 Å². The van der Waals surface area contributed by atoms with Crippen LogP contribution < -0.4 is 10.1 Å². The maximum Gasteiger partial charge on any atom is 0.176 e. The van der Waals surface area contributed by atoms with Crippen LogP contribution in [0.25, 0.3) is 0 Å². The Morgan fingerprint density at radius 3 is 2.86 bits per heavy atom. The quantitative estimate of drug-likeness (QED) is 0.867. The summed E-state index contributed by atoms with van der Waals surface area (Å²) in [6.45, 7) is 7.83. The summed E-state index contributed by atoms with van der Waals surface area (Å²) in [5.74, 6) is 1.86. The van der Waals surface area contributed by atoms with Gasteiger partial charge in [-0.25, -0.2) is 0 Å². The van der Waals surface area contributed by atoms with Gasteiger partial charge in [0.2, 0.25) is 0 Å². The molecule has 3 rings (SSSR count). The third-order valence-electron chi connectivity index (χ3n) is 4.81. The van der Waals surface area contributed by atoms with E-state index in [-0.39, 0.29) is 11.9 Å². The zero-order chi connectivity index (χ0) is 15.5. The zero-order valence-electron chi connectivity index (χ0n) is 13.6. The molecule has 0 amide bonds. The highest BCUT2D eigenvalue weighted by Gasteiger charge is 2.21. The Balaban J connectivity index is 1.64. The molecule has 4 nitrogen and oxygen atoms in total. The summed E-state index contributed by atoms with van der Waals surface area (Å²) in [5.41, 5.74) is 1.73. The fourth-order valence-electron chi connectivity index (χ4n) is 3.13. The third-order valence-corrected chi connectivity index (χ3v) is 4.81. The van der Waals surface area contributed by atoms with Crippen molar-refractivity contribution in [1.82, 2.24) is 4.90 Å². The van der Waals surface area contributed by atoms with Crippen LogP contribution in [-0.4, -0.2) is 43.0 Å². The van der Waals surface area contributed by atoms with E-state index in [1.807, 2.05) is 18.2 Å². The molecule has 1 aromatic rings. The number of benzene rings is 1. The molecule has 1 fully saturated rings. The van der Waals surface area contributed by atoms with Crippen LogP contribution in [0.4, 0.5) is 5.69 Å². The third kappa shape index (κ3) is 3.43.